The van der Waals surface area contributed by atoms with Crippen LogP contribution in [0.1, 0.15) is 58.8 Å². The minimum atomic E-state index is 0.472. The summed E-state index contributed by atoms with van der Waals surface area (Å²) in [6.45, 7) is 11.1. The molecule has 1 aliphatic carbocycles. The molecule has 2 atom stereocenters. The number of likely N-dealkylation sites (tertiary alicyclic amines) is 1. The van der Waals surface area contributed by atoms with Crippen LogP contribution in [0.2, 0.25) is 0 Å². The van der Waals surface area contributed by atoms with Crippen molar-refractivity contribution in [2.24, 2.45) is 0 Å². The molecule has 3 rings (SSSR count). The van der Waals surface area contributed by atoms with E-state index in [-0.39, 0.29) is 0 Å². The molecule has 2 aliphatic heterocycles. The van der Waals surface area contributed by atoms with Crippen molar-refractivity contribution in [3.05, 3.63) is 0 Å². The molecule has 2 heterocycles. The topological polar surface area (TPSA) is 18.5 Å². The van der Waals surface area contributed by atoms with Crippen LogP contribution in [0.4, 0.5) is 0 Å². The first kappa shape index (κ1) is 14.8. The quantitative estimate of drug-likeness (QED) is 0.856. The van der Waals surface area contributed by atoms with Gasteiger partial charge in [0.15, 0.2) is 0 Å². The van der Waals surface area contributed by atoms with Crippen molar-refractivity contribution >= 4 is 0 Å². The lowest BCUT2D eigenvalue weighted by molar-refractivity contribution is 0.00946. The predicted molar refractivity (Wildman–Crippen MR) is 85.1 cm³/mol. The fourth-order valence-electron chi connectivity index (χ4n) is 4.77. The van der Waals surface area contributed by atoms with E-state index in [4.69, 9.17) is 0 Å². The summed E-state index contributed by atoms with van der Waals surface area (Å²) in [5.41, 5.74) is 0.472. The zero-order chi connectivity index (χ0) is 14.0. The van der Waals surface area contributed by atoms with Gasteiger partial charge in [-0.1, -0.05) is 26.7 Å². The molecule has 0 aromatic heterocycles. The van der Waals surface area contributed by atoms with Crippen LogP contribution in [0.3, 0.4) is 0 Å². The van der Waals surface area contributed by atoms with E-state index in [2.05, 4.69) is 29.0 Å². The molecule has 3 nitrogen and oxygen atoms in total. The summed E-state index contributed by atoms with van der Waals surface area (Å²) in [6, 6.07) is 1.58. The highest BCUT2D eigenvalue weighted by atomic mass is 15.3. The number of piperidine rings is 1. The minimum absolute atomic E-state index is 0.472. The summed E-state index contributed by atoms with van der Waals surface area (Å²) in [7, 11) is 0. The second-order valence-corrected chi connectivity index (χ2v) is 7.29. The van der Waals surface area contributed by atoms with Gasteiger partial charge in [0, 0.05) is 37.3 Å². The number of likely N-dealkylation sites (N-methyl/N-ethyl adjacent to an activating group) is 1. The van der Waals surface area contributed by atoms with Crippen molar-refractivity contribution in [3.63, 3.8) is 0 Å². The normalized spacial score (nSPS) is 35.7. The van der Waals surface area contributed by atoms with Crippen molar-refractivity contribution < 1.29 is 0 Å². The molecule has 0 radical (unpaired) electrons. The van der Waals surface area contributed by atoms with Crippen molar-refractivity contribution in [3.8, 4) is 0 Å². The molecule has 116 valence electrons. The van der Waals surface area contributed by atoms with Gasteiger partial charge in [-0.25, -0.2) is 0 Å². The molecule has 3 fully saturated rings. The van der Waals surface area contributed by atoms with Crippen molar-refractivity contribution in [2.45, 2.75) is 76.4 Å². The third-order valence-electron chi connectivity index (χ3n) is 6.10. The van der Waals surface area contributed by atoms with Gasteiger partial charge in [0.05, 0.1) is 0 Å². The summed E-state index contributed by atoms with van der Waals surface area (Å²) in [4.78, 5) is 5.56. The van der Waals surface area contributed by atoms with Crippen molar-refractivity contribution in [1.29, 1.82) is 0 Å². The van der Waals surface area contributed by atoms with E-state index in [0.717, 1.165) is 12.1 Å². The SMILES string of the molecule is CCC1CNC2(CCCC2)CN1C1CCCN(CC)C1. The molecule has 3 heteroatoms. The maximum absolute atomic E-state index is 3.93. The predicted octanol–water partition coefficient (Wildman–Crippen LogP) is 2.47. The lowest BCUT2D eigenvalue weighted by atomic mass is 9.89. The summed E-state index contributed by atoms with van der Waals surface area (Å²) < 4.78 is 0. The molecular weight excluding hydrogens is 246 g/mol. The molecule has 1 spiro atoms. The first-order valence-electron chi connectivity index (χ1n) is 8.99. The average Bonchev–Trinajstić information content (AvgIpc) is 2.95. The Hall–Kier alpha value is -0.120. The van der Waals surface area contributed by atoms with E-state index in [1.165, 1.54) is 77.7 Å². The number of piperazine rings is 1. The third kappa shape index (κ3) is 2.90. The zero-order valence-electron chi connectivity index (χ0n) is 13.5. The van der Waals surface area contributed by atoms with E-state index in [0.29, 0.717) is 5.54 Å². The van der Waals surface area contributed by atoms with E-state index in [9.17, 15) is 0 Å². The fraction of sp³-hybridized carbons (Fsp3) is 1.00. The Labute approximate surface area is 125 Å². The number of rotatable bonds is 3. The molecular formula is C17H33N3. The molecule has 0 bridgehead atoms. The van der Waals surface area contributed by atoms with E-state index >= 15 is 0 Å². The second-order valence-electron chi connectivity index (χ2n) is 7.29. The van der Waals surface area contributed by atoms with Gasteiger partial charge in [0.1, 0.15) is 0 Å². The highest BCUT2D eigenvalue weighted by Crippen LogP contribution is 2.35. The number of nitrogens with one attached hydrogen (secondary N) is 1. The third-order valence-corrected chi connectivity index (χ3v) is 6.10. The monoisotopic (exact) mass is 279 g/mol. The van der Waals surface area contributed by atoms with Gasteiger partial charge in [0.25, 0.3) is 0 Å². The van der Waals surface area contributed by atoms with Crippen LogP contribution in [-0.2, 0) is 0 Å². The molecule has 1 saturated carbocycles. The summed E-state index contributed by atoms with van der Waals surface area (Å²) in [5, 5.41) is 3.93. The van der Waals surface area contributed by atoms with Gasteiger partial charge in [-0.2, -0.15) is 0 Å². The molecule has 2 unspecified atom stereocenters. The van der Waals surface area contributed by atoms with Crippen LogP contribution in [0.5, 0.6) is 0 Å². The zero-order valence-corrected chi connectivity index (χ0v) is 13.5. The van der Waals surface area contributed by atoms with Gasteiger partial charge < -0.3 is 10.2 Å². The number of nitrogens with zero attached hydrogens (tertiary/aromatic N) is 2. The highest BCUT2D eigenvalue weighted by molar-refractivity contribution is 5.02. The van der Waals surface area contributed by atoms with Gasteiger partial charge in [0.2, 0.25) is 0 Å². The van der Waals surface area contributed by atoms with Gasteiger partial charge >= 0.3 is 0 Å². The standard InChI is InChI=1S/C17H33N3/c1-3-15-12-18-17(9-5-6-10-17)14-20(15)16-8-7-11-19(4-2)13-16/h15-16,18H,3-14H2,1-2H3. The first-order valence-corrected chi connectivity index (χ1v) is 8.99. The molecule has 3 aliphatic rings. The number of hydrogen-bond donors (Lipinski definition) is 1. The van der Waals surface area contributed by atoms with Gasteiger partial charge in [-0.05, 0) is 45.2 Å². The Morgan fingerprint density at radius 1 is 1.15 bits per heavy atom. The van der Waals surface area contributed by atoms with Crippen LogP contribution in [0.15, 0.2) is 0 Å². The maximum atomic E-state index is 3.93. The Bertz CT molecular complexity index is 311. The molecule has 2 saturated heterocycles. The number of hydrogen-bond acceptors (Lipinski definition) is 3. The average molecular weight is 279 g/mol. The highest BCUT2D eigenvalue weighted by Gasteiger charge is 2.43. The summed E-state index contributed by atoms with van der Waals surface area (Å²) >= 11 is 0. The van der Waals surface area contributed by atoms with E-state index < -0.39 is 0 Å². The van der Waals surface area contributed by atoms with Gasteiger partial charge in [-0.15, -0.1) is 0 Å². The molecule has 1 N–H and O–H groups in total. The van der Waals surface area contributed by atoms with Crippen LogP contribution in [0.25, 0.3) is 0 Å². The lowest BCUT2D eigenvalue weighted by Crippen LogP contribution is -2.66. The fourth-order valence-corrected chi connectivity index (χ4v) is 4.77. The van der Waals surface area contributed by atoms with Crippen LogP contribution in [0, 0.1) is 0 Å². The lowest BCUT2D eigenvalue weighted by Gasteiger charge is -2.51. The Morgan fingerprint density at radius 3 is 2.65 bits per heavy atom. The minimum Gasteiger partial charge on any atom is -0.308 e. The largest absolute Gasteiger partial charge is 0.308 e. The Kier molecular flexibility index (Phi) is 4.68. The smallest absolute Gasteiger partial charge is 0.0309 e. The second kappa shape index (κ2) is 6.33. The molecule has 20 heavy (non-hydrogen) atoms. The summed E-state index contributed by atoms with van der Waals surface area (Å²) in [6.07, 6.45) is 9.79. The van der Waals surface area contributed by atoms with Crippen LogP contribution in [-0.4, -0.2) is 60.1 Å². The summed E-state index contributed by atoms with van der Waals surface area (Å²) in [5.74, 6) is 0. The van der Waals surface area contributed by atoms with Crippen LogP contribution < -0.4 is 5.32 Å². The van der Waals surface area contributed by atoms with Gasteiger partial charge in [-0.3, -0.25) is 4.90 Å². The molecule has 0 aromatic carbocycles. The van der Waals surface area contributed by atoms with Crippen molar-refractivity contribution in [2.75, 3.05) is 32.7 Å². The first-order chi connectivity index (χ1) is 9.76. The van der Waals surface area contributed by atoms with Crippen molar-refractivity contribution in [1.82, 2.24) is 15.1 Å². The molecule has 0 aromatic rings. The van der Waals surface area contributed by atoms with E-state index in [1.807, 2.05) is 0 Å². The molecule has 0 amide bonds. The van der Waals surface area contributed by atoms with E-state index in [1.54, 1.807) is 0 Å². The Morgan fingerprint density at radius 2 is 1.95 bits per heavy atom. The Balaban J connectivity index is 1.70. The van der Waals surface area contributed by atoms with Crippen LogP contribution >= 0.6 is 0 Å². The maximum Gasteiger partial charge on any atom is 0.0309 e.